The van der Waals surface area contributed by atoms with Crippen LogP contribution < -0.4 is 10.1 Å². The fraction of sp³-hybridized carbons (Fsp3) is 0.115. The lowest BCUT2D eigenvalue weighted by Gasteiger charge is -2.07. The summed E-state index contributed by atoms with van der Waals surface area (Å²) in [6.45, 7) is 4.13. The van der Waals surface area contributed by atoms with Crippen LogP contribution in [0.4, 0.5) is 10.2 Å². The number of methoxy groups -OCH3 is 1. The van der Waals surface area contributed by atoms with Gasteiger partial charge in [0.25, 0.3) is 5.91 Å². The Balaban J connectivity index is 1.63. The SMILES string of the molecule is C=Cc1cc(C(=O)Nc2nn(Cc3ccc(OC)cc3)cc2Cc2ccccc2)c(F)cn1. The number of carbonyl (C=O) groups excluding carboxylic acids is 1. The first-order valence-electron chi connectivity index (χ1n) is 10.4. The smallest absolute Gasteiger partial charge is 0.259 e. The van der Waals surface area contributed by atoms with Gasteiger partial charge in [-0.25, -0.2) is 4.39 Å². The van der Waals surface area contributed by atoms with E-state index in [0.29, 0.717) is 24.5 Å². The zero-order chi connectivity index (χ0) is 23.2. The Kier molecular flexibility index (Phi) is 6.59. The Hall–Kier alpha value is -4.26. The molecule has 0 radical (unpaired) electrons. The minimum absolute atomic E-state index is 0.115. The number of benzene rings is 2. The van der Waals surface area contributed by atoms with Crippen molar-refractivity contribution in [2.45, 2.75) is 13.0 Å². The standard InChI is InChI=1S/C26H23FN4O2/c1-3-21-14-23(24(27)15-28-21)26(32)29-25-20(13-18-7-5-4-6-8-18)17-31(30-25)16-19-9-11-22(33-2)12-10-19/h3-12,14-15,17H,1,13,16H2,2H3,(H,29,30,32). The summed E-state index contributed by atoms with van der Waals surface area (Å²) in [6.07, 6.45) is 4.93. The molecule has 0 saturated heterocycles. The van der Waals surface area contributed by atoms with Gasteiger partial charge in [-0.05, 0) is 35.4 Å². The van der Waals surface area contributed by atoms with Gasteiger partial charge in [0.15, 0.2) is 11.6 Å². The van der Waals surface area contributed by atoms with E-state index in [9.17, 15) is 9.18 Å². The van der Waals surface area contributed by atoms with Gasteiger partial charge < -0.3 is 10.1 Å². The summed E-state index contributed by atoms with van der Waals surface area (Å²) in [5.41, 5.74) is 3.21. The average molecular weight is 442 g/mol. The maximum absolute atomic E-state index is 14.3. The van der Waals surface area contributed by atoms with Crippen LogP contribution in [-0.2, 0) is 13.0 Å². The van der Waals surface area contributed by atoms with Crippen molar-refractivity contribution in [1.29, 1.82) is 0 Å². The minimum atomic E-state index is -0.708. The lowest BCUT2D eigenvalue weighted by Crippen LogP contribution is -2.16. The molecular formula is C26H23FN4O2. The summed E-state index contributed by atoms with van der Waals surface area (Å²) >= 11 is 0. The van der Waals surface area contributed by atoms with Crippen LogP contribution in [-0.4, -0.2) is 27.8 Å². The van der Waals surface area contributed by atoms with Gasteiger partial charge in [-0.15, -0.1) is 0 Å². The topological polar surface area (TPSA) is 69.0 Å². The third-order valence-electron chi connectivity index (χ3n) is 5.14. The van der Waals surface area contributed by atoms with Gasteiger partial charge in [-0.2, -0.15) is 5.10 Å². The molecule has 0 unspecified atom stereocenters. The lowest BCUT2D eigenvalue weighted by atomic mass is 10.1. The van der Waals surface area contributed by atoms with E-state index in [2.05, 4.69) is 22.0 Å². The molecule has 7 heteroatoms. The zero-order valence-electron chi connectivity index (χ0n) is 18.2. The molecule has 0 aliphatic rings. The lowest BCUT2D eigenvalue weighted by molar-refractivity contribution is 0.102. The summed E-state index contributed by atoms with van der Waals surface area (Å²) in [4.78, 5) is 16.8. The molecular weight excluding hydrogens is 419 g/mol. The summed E-state index contributed by atoms with van der Waals surface area (Å²) < 4.78 is 21.2. The number of hydrogen-bond donors (Lipinski definition) is 1. The number of rotatable bonds is 8. The van der Waals surface area contributed by atoms with Crippen LogP contribution >= 0.6 is 0 Å². The number of nitrogens with one attached hydrogen (secondary N) is 1. The summed E-state index contributed by atoms with van der Waals surface area (Å²) in [6, 6.07) is 18.9. The number of pyridine rings is 1. The van der Waals surface area contributed by atoms with Crippen molar-refractivity contribution in [3.05, 3.63) is 113 Å². The summed E-state index contributed by atoms with van der Waals surface area (Å²) in [7, 11) is 1.62. The number of carbonyl (C=O) groups is 1. The quantitative estimate of drug-likeness (QED) is 0.419. The van der Waals surface area contributed by atoms with E-state index >= 15 is 0 Å². The van der Waals surface area contributed by atoms with Gasteiger partial charge in [-0.1, -0.05) is 49.0 Å². The van der Waals surface area contributed by atoms with Gasteiger partial charge in [0.1, 0.15) is 5.75 Å². The third-order valence-corrected chi connectivity index (χ3v) is 5.14. The molecule has 33 heavy (non-hydrogen) atoms. The second-order valence-corrected chi connectivity index (χ2v) is 7.46. The number of halogens is 1. The molecule has 166 valence electrons. The Labute approximate surface area is 191 Å². The van der Waals surface area contributed by atoms with Gasteiger partial charge in [-0.3, -0.25) is 14.5 Å². The molecule has 4 rings (SSSR count). The third kappa shape index (κ3) is 5.33. The maximum atomic E-state index is 14.3. The van der Waals surface area contributed by atoms with Crippen molar-refractivity contribution in [3.63, 3.8) is 0 Å². The van der Waals surface area contributed by atoms with Crippen molar-refractivity contribution in [2.24, 2.45) is 0 Å². The van der Waals surface area contributed by atoms with Gasteiger partial charge in [0.2, 0.25) is 0 Å². The van der Waals surface area contributed by atoms with E-state index in [-0.39, 0.29) is 5.56 Å². The molecule has 0 aliphatic carbocycles. The van der Waals surface area contributed by atoms with Crippen LogP contribution in [0.3, 0.4) is 0 Å². The fourth-order valence-electron chi connectivity index (χ4n) is 3.43. The average Bonchev–Trinajstić information content (AvgIpc) is 3.20. The fourth-order valence-corrected chi connectivity index (χ4v) is 3.43. The predicted octanol–water partition coefficient (Wildman–Crippen LogP) is 4.96. The number of ether oxygens (including phenoxy) is 1. The van der Waals surface area contributed by atoms with E-state index in [4.69, 9.17) is 4.74 Å². The molecule has 0 bridgehead atoms. The molecule has 0 spiro atoms. The van der Waals surface area contributed by atoms with Crippen LogP contribution in [0, 0.1) is 5.82 Å². The van der Waals surface area contributed by atoms with Crippen molar-refractivity contribution >= 4 is 17.8 Å². The first kappa shape index (κ1) is 22.0. The molecule has 1 amide bonds. The number of nitrogens with zero attached hydrogens (tertiary/aromatic N) is 3. The molecule has 6 nitrogen and oxygen atoms in total. The first-order valence-corrected chi connectivity index (χ1v) is 10.4. The van der Waals surface area contributed by atoms with Crippen LogP contribution in [0.15, 0.2) is 79.6 Å². The highest BCUT2D eigenvalue weighted by Gasteiger charge is 2.18. The van der Waals surface area contributed by atoms with E-state index in [1.807, 2.05) is 60.8 Å². The summed E-state index contributed by atoms with van der Waals surface area (Å²) in [5.74, 6) is -0.147. The van der Waals surface area contributed by atoms with Crippen molar-refractivity contribution in [2.75, 3.05) is 12.4 Å². The highest BCUT2D eigenvalue weighted by atomic mass is 19.1. The Morgan fingerprint density at radius 1 is 1.15 bits per heavy atom. The zero-order valence-corrected chi connectivity index (χ0v) is 18.2. The van der Waals surface area contributed by atoms with Gasteiger partial charge in [0.05, 0.1) is 31.1 Å². The minimum Gasteiger partial charge on any atom is -0.497 e. The highest BCUT2D eigenvalue weighted by molar-refractivity contribution is 6.04. The molecule has 0 saturated carbocycles. The molecule has 0 atom stereocenters. The monoisotopic (exact) mass is 442 g/mol. The van der Waals surface area contributed by atoms with E-state index in [0.717, 1.165) is 28.6 Å². The molecule has 2 aromatic heterocycles. The van der Waals surface area contributed by atoms with E-state index in [1.54, 1.807) is 11.8 Å². The maximum Gasteiger partial charge on any atom is 0.259 e. The van der Waals surface area contributed by atoms with Crippen LogP contribution in [0.1, 0.15) is 32.7 Å². The number of amides is 1. The largest absolute Gasteiger partial charge is 0.497 e. The predicted molar refractivity (Wildman–Crippen MR) is 126 cm³/mol. The summed E-state index contributed by atoms with van der Waals surface area (Å²) in [5, 5.41) is 7.35. The van der Waals surface area contributed by atoms with Crippen molar-refractivity contribution < 1.29 is 13.9 Å². The van der Waals surface area contributed by atoms with E-state index in [1.165, 1.54) is 12.1 Å². The molecule has 4 aromatic rings. The van der Waals surface area contributed by atoms with Gasteiger partial charge >= 0.3 is 0 Å². The molecule has 0 fully saturated rings. The van der Waals surface area contributed by atoms with Crippen molar-refractivity contribution in [1.82, 2.24) is 14.8 Å². The Morgan fingerprint density at radius 3 is 2.61 bits per heavy atom. The number of hydrogen-bond acceptors (Lipinski definition) is 4. The Bertz CT molecular complexity index is 1270. The van der Waals surface area contributed by atoms with Gasteiger partial charge in [0, 0.05) is 18.2 Å². The molecule has 1 N–H and O–H groups in total. The highest BCUT2D eigenvalue weighted by Crippen LogP contribution is 2.21. The second kappa shape index (κ2) is 9.91. The van der Waals surface area contributed by atoms with Crippen LogP contribution in [0.25, 0.3) is 6.08 Å². The second-order valence-electron chi connectivity index (χ2n) is 7.46. The number of aromatic nitrogens is 3. The normalized spacial score (nSPS) is 10.6. The van der Waals surface area contributed by atoms with E-state index < -0.39 is 11.7 Å². The van der Waals surface area contributed by atoms with Crippen LogP contribution in [0.5, 0.6) is 5.75 Å². The molecule has 2 heterocycles. The van der Waals surface area contributed by atoms with Crippen LogP contribution in [0.2, 0.25) is 0 Å². The number of anilines is 1. The first-order chi connectivity index (χ1) is 16.1. The molecule has 0 aliphatic heterocycles. The Morgan fingerprint density at radius 2 is 1.91 bits per heavy atom. The molecule has 2 aromatic carbocycles. The van der Waals surface area contributed by atoms with Crippen molar-refractivity contribution in [3.8, 4) is 5.75 Å².